The molecule has 134 valence electrons. The number of benzene rings is 2. The molecular formula is C23H28F2. The van der Waals surface area contributed by atoms with Crippen LogP contribution in [0.2, 0.25) is 0 Å². The summed E-state index contributed by atoms with van der Waals surface area (Å²) in [6.07, 6.45) is 7.82. The van der Waals surface area contributed by atoms with Crippen LogP contribution in [0.1, 0.15) is 68.1 Å². The van der Waals surface area contributed by atoms with Crippen LogP contribution in [0, 0.1) is 31.4 Å². The Morgan fingerprint density at radius 1 is 0.880 bits per heavy atom. The number of hydrogen-bond donors (Lipinski definition) is 0. The molecule has 0 bridgehead atoms. The summed E-state index contributed by atoms with van der Waals surface area (Å²) in [6.45, 7) is 5.71. The molecule has 0 heterocycles. The van der Waals surface area contributed by atoms with Crippen molar-refractivity contribution < 1.29 is 8.78 Å². The topological polar surface area (TPSA) is 0 Å². The first-order chi connectivity index (χ1) is 12.0. The summed E-state index contributed by atoms with van der Waals surface area (Å²) < 4.78 is 27.9. The van der Waals surface area contributed by atoms with Crippen LogP contribution in [-0.2, 0) is 0 Å². The Kier molecular flexibility index (Phi) is 5.56. The smallest absolute Gasteiger partial charge is 0.129 e. The predicted molar refractivity (Wildman–Crippen MR) is 101 cm³/mol. The van der Waals surface area contributed by atoms with Crippen molar-refractivity contribution in [2.75, 3.05) is 0 Å². The highest BCUT2D eigenvalue weighted by molar-refractivity contribution is 5.71. The summed E-state index contributed by atoms with van der Waals surface area (Å²) in [5.74, 6) is 0.586. The van der Waals surface area contributed by atoms with Gasteiger partial charge in [-0.25, -0.2) is 8.78 Å². The monoisotopic (exact) mass is 342 g/mol. The van der Waals surface area contributed by atoms with Crippen LogP contribution in [-0.4, -0.2) is 0 Å². The molecule has 1 aliphatic carbocycles. The number of hydrogen-bond acceptors (Lipinski definition) is 0. The molecule has 1 aliphatic rings. The van der Waals surface area contributed by atoms with Gasteiger partial charge in [0, 0.05) is 6.07 Å². The molecule has 0 nitrogen and oxygen atoms in total. The quantitative estimate of drug-likeness (QED) is 0.546. The van der Waals surface area contributed by atoms with Gasteiger partial charge in [-0.3, -0.25) is 0 Å². The molecule has 0 radical (unpaired) electrons. The SMILES string of the molecule is CCCC1CCC(c2ccc(-c3c(C)c(F)cc(F)c3C)cc2)CC1. The lowest BCUT2D eigenvalue weighted by atomic mass is 9.77. The fraction of sp³-hybridized carbons (Fsp3) is 0.478. The van der Waals surface area contributed by atoms with Crippen molar-refractivity contribution in [3.05, 3.63) is 58.7 Å². The summed E-state index contributed by atoms with van der Waals surface area (Å²) in [5.41, 5.74) is 4.00. The maximum Gasteiger partial charge on any atom is 0.129 e. The van der Waals surface area contributed by atoms with Crippen molar-refractivity contribution in [3.63, 3.8) is 0 Å². The lowest BCUT2D eigenvalue weighted by Crippen LogP contribution is -2.13. The summed E-state index contributed by atoms with van der Waals surface area (Å²) in [7, 11) is 0. The van der Waals surface area contributed by atoms with E-state index in [4.69, 9.17) is 0 Å². The number of halogens is 2. The fourth-order valence-electron chi connectivity index (χ4n) is 4.40. The highest BCUT2D eigenvalue weighted by atomic mass is 19.1. The maximum atomic E-state index is 13.9. The molecule has 0 unspecified atom stereocenters. The lowest BCUT2D eigenvalue weighted by molar-refractivity contribution is 0.308. The Bertz CT molecular complexity index is 696. The van der Waals surface area contributed by atoms with Gasteiger partial charge >= 0.3 is 0 Å². The standard InChI is InChI=1S/C23H28F2/c1-4-5-17-6-8-18(9-7-17)19-10-12-20(13-11-19)23-15(2)21(24)14-22(25)16(23)3/h10-14,17-18H,4-9H2,1-3H3. The first-order valence-corrected chi connectivity index (χ1v) is 9.56. The van der Waals surface area contributed by atoms with E-state index >= 15 is 0 Å². The molecule has 3 rings (SSSR count). The summed E-state index contributed by atoms with van der Waals surface area (Å²) in [4.78, 5) is 0. The minimum Gasteiger partial charge on any atom is -0.207 e. The Balaban J connectivity index is 1.80. The van der Waals surface area contributed by atoms with Crippen LogP contribution in [0.4, 0.5) is 8.78 Å². The normalized spacial score (nSPS) is 20.7. The van der Waals surface area contributed by atoms with Crippen molar-refractivity contribution >= 4 is 0 Å². The molecule has 2 aromatic carbocycles. The zero-order valence-electron chi connectivity index (χ0n) is 15.5. The molecule has 0 amide bonds. The molecule has 1 saturated carbocycles. The second kappa shape index (κ2) is 7.68. The van der Waals surface area contributed by atoms with Crippen LogP contribution in [0.3, 0.4) is 0 Å². The van der Waals surface area contributed by atoms with Gasteiger partial charge in [0.25, 0.3) is 0 Å². The van der Waals surface area contributed by atoms with Crippen LogP contribution < -0.4 is 0 Å². The Morgan fingerprint density at radius 2 is 1.44 bits per heavy atom. The van der Waals surface area contributed by atoms with Gasteiger partial charge in [-0.1, -0.05) is 44.0 Å². The van der Waals surface area contributed by atoms with Crippen molar-refractivity contribution in [2.45, 2.75) is 65.2 Å². The molecule has 0 aliphatic heterocycles. The Morgan fingerprint density at radius 3 is 1.96 bits per heavy atom. The van der Waals surface area contributed by atoms with Gasteiger partial charge in [0.05, 0.1) is 0 Å². The molecule has 1 fully saturated rings. The largest absolute Gasteiger partial charge is 0.207 e. The molecule has 0 saturated heterocycles. The predicted octanol–water partition coefficient (Wildman–Crippen LogP) is 7.32. The van der Waals surface area contributed by atoms with Gasteiger partial charge in [0.1, 0.15) is 11.6 Å². The summed E-state index contributed by atoms with van der Waals surface area (Å²) >= 11 is 0. The minimum absolute atomic E-state index is 0.476. The van der Waals surface area contributed by atoms with Gasteiger partial charge in [-0.05, 0) is 79.2 Å². The van der Waals surface area contributed by atoms with Gasteiger partial charge in [-0.15, -0.1) is 0 Å². The second-order valence-corrected chi connectivity index (χ2v) is 7.59. The molecule has 0 spiro atoms. The van der Waals surface area contributed by atoms with Crippen LogP contribution in [0.25, 0.3) is 11.1 Å². The molecule has 0 aromatic heterocycles. The first-order valence-electron chi connectivity index (χ1n) is 9.56. The third kappa shape index (κ3) is 3.78. The molecule has 0 N–H and O–H groups in total. The van der Waals surface area contributed by atoms with E-state index in [9.17, 15) is 8.78 Å². The highest BCUT2D eigenvalue weighted by Gasteiger charge is 2.22. The van der Waals surface area contributed by atoms with Crippen molar-refractivity contribution in [2.24, 2.45) is 5.92 Å². The third-order valence-electron chi connectivity index (χ3n) is 5.93. The molecular weight excluding hydrogens is 314 g/mol. The maximum absolute atomic E-state index is 13.9. The summed E-state index contributed by atoms with van der Waals surface area (Å²) in [5, 5.41) is 0. The van der Waals surface area contributed by atoms with Crippen molar-refractivity contribution in [1.29, 1.82) is 0 Å². The van der Waals surface area contributed by atoms with Crippen LogP contribution in [0.5, 0.6) is 0 Å². The second-order valence-electron chi connectivity index (χ2n) is 7.59. The molecule has 0 atom stereocenters. The Labute approximate surface area is 150 Å². The van der Waals surface area contributed by atoms with E-state index < -0.39 is 11.6 Å². The van der Waals surface area contributed by atoms with E-state index in [2.05, 4.69) is 19.1 Å². The van der Waals surface area contributed by atoms with Crippen LogP contribution >= 0.6 is 0 Å². The minimum atomic E-state index is -0.476. The van der Waals surface area contributed by atoms with Gasteiger partial charge in [0.15, 0.2) is 0 Å². The van der Waals surface area contributed by atoms with Gasteiger partial charge in [0.2, 0.25) is 0 Å². The van der Waals surface area contributed by atoms with Gasteiger partial charge in [-0.2, -0.15) is 0 Å². The van der Waals surface area contributed by atoms with E-state index in [1.165, 1.54) is 44.1 Å². The average Bonchev–Trinajstić information content (AvgIpc) is 2.62. The summed E-state index contributed by atoms with van der Waals surface area (Å²) in [6, 6.07) is 9.35. The van der Waals surface area contributed by atoms with E-state index in [1.807, 2.05) is 12.1 Å². The van der Waals surface area contributed by atoms with E-state index in [0.717, 1.165) is 17.5 Å². The van der Waals surface area contributed by atoms with Crippen molar-refractivity contribution in [1.82, 2.24) is 0 Å². The fourth-order valence-corrected chi connectivity index (χ4v) is 4.40. The van der Waals surface area contributed by atoms with E-state index in [-0.39, 0.29) is 0 Å². The number of rotatable bonds is 4. The van der Waals surface area contributed by atoms with E-state index in [0.29, 0.717) is 22.6 Å². The zero-order chi connectivity index (χ0) is 18.0. The molecule has 25 heavy (non-hydrogen) atoms. The average molecular weight is 342 g/mol. The van der Waals surface area contributed by atoms with E-state index in [1.54, 1.807) is 13.8 Å². The highest BCUT2D eigenvalue weighted by Crippen LogP contribution is 2.38. The Hall–Kier alpha value is -1.70. The van der Waals surface area contributed by atoms with Crippen molar-refractivity contribution in [3.8, 4) is 11.1 Å². The molecule has 2 aromatic rings. The lowest BCUT2D eigenvalue weighted by Gasteiger charge is -2.28. The third-order valence-corrected chi connectivity index (χ3v) is 5.93. The van der Waals surface area contributed by atoms with Gasteiger partial charge < -0.3 is 0 Å². The van der Waals surface area contributed by atoms with Crippen LogP contribution in [0.15, 0.2) is 30.3 Å². The molecule has 2 heteroatoms. The first kappa shape index (κ1) is 18.1. The zero-order valence-corrected chi connectivity index (χ0v) is 15.5.